The molecule has 1 amide bonds. The zero-order chi connectivity index (χ0) is 17.5. The minimum Gasteiger partial charge on any atom is -0.465 e. The summed E-state index contributed by atoms with van der Waals surface area (Å²) in [5.41, 5.74) is 1.00. The number of hydrogen-bond donors (Lipinski definition) is 1. The summed E-state index contributed by atoms with van der Waals surface area (Å²) in [7, 11) is 1.25. The van der Waals surface area contributed by atoms with E-state index in [1.807, 2.05) is 0 Å². The Balaban J connectivity index is 2.13. The van der Waals surface area contributed by atoms with Crippen LogP contribution >= 0.6 is 0 Å². The van der Waals surface area contributed by atoms with E-state index in [0.29, 0.717) is 11.3 Å². The molecule has 0 radical (unpaired) electrons. The number of carbonyl (C=O) groups is 2. The van der Waals surface area contributed by atoms with Gasteiger partial charge in [-0.3, -0.25) is 14.9 Å². The average molecular weight is 326 g/mol. The molecule has 0 heterocycles. The molecule has 0 aliphatic rings. The molecule has 0 bridgehead atoms. The molecule has 0 fully saturated rings. The van der Waals surface area contributed by atoms with Crippen molar-refractivity contribution in [3.8, 4) is 0 Å². The molecule has 7 nitrogen and oxygen atoms in total. The first-order valence-electron chi connectivity index (χ1n) is 6.92. The number of hydrogen-bond acceptors (Lipinski definition) is 5. The van der Waals surface area contributed by atoms with Gasteiger partial charge in [0.2, 0.25) is 5.91 Å². The van der Waals surface area contributed by atoms with Crippen LogP contribution in [0, 0.1) is 10.1 Å². The van der Waals surface area contributed by atoms with Gasteiger partial charge in [0, 0.05) is 18.2 Å². The topological polar surface area (TPSA) is 98.5 Å². The lowest BCUT2D eigenvalue weighted by atomic mass is 10.1. The molecule has 0 aliphatic heterocycles. The normalized spacial score (nSPS) is 10.4. The lowest BCUT2D eigenvalue weighted by Crippen LogP contribution is -2.12. The van der Waals surface area contributed by atoms with E-state index in [4.69, 9.17) is 0 Å². The largest absolute Gasteiger partial charge is 0.465 e. The van der Waals surface area contributed by atoms with E-state index >= 15 is 0 Å². The molecule has 0 saturated heterocycles. The fourth-order valence-electron chi connectivity index (χ4n) is 1.97. The van der Waals surface area contributed by atoms with E-state index in [1.54, 1.807) is 24.3 Å². The van der Waals surface area contributed by atoms with Crippen LogP contribution in [0.3, 0.4) is 0 Å². The average Bonchev–Trinajstić information content (AvgIpc) is 2.60. The first kappa shape index (κ1) is 16.9. The molecule has 1 N–H and O–H groups in total. The second kappa shape index (κ2) is 7.68. The number of nitrogens with zero attached hydrogens (tertiary/aromatic N) is 1. The predicted molar refractivity (Wildman–Crippen MR) is 88.5 cm³/mol. The Morgan fingerprint density at radius 3 is 2.62 bits per heavy atom. The van der Waals surface area contributed by atoms with Crippen molar-refractivity contribution in [1.29, 1.82) is 0 Å². The minimum atomic E-state index is -0.562. The van der Waals surface area contributed by atoms with Gasteiger partial charge in [-0.2, -0.15) is 0 Å². The van der Waals surface area contributed by atoms with Gasteiger partial charge in [0.25, 0.3) is 5.69 Å². The Labute approximate surface area is 137 Å². The fourth-order valence-corrected chi connectivity index (χ4v) is 1.97. The molecular weight excluding hydrogens is 312 g/mol. The number of benzene rings is 2. The van der Waals surface area contributed by atoms with Crippen LogP contribution in [0.5, 0.6) is 0 Å². The van der Waals surface area contributed by atoms with Crippen LogP contribution in [0.15, 0.2) is 54.6 Å². The fraction of sp³-hybridized carbons (Fsp3) is 0.0588. The Morgan fingerprint density at radius 2 is 1.92 bits per heavy atom. The minimum absolute atomic E-state index is 0.0615. The van der Waals surface area contributed by atoms with Crippen molar-refractivity contribution in [2.24, 2.45) is 0 Å². The Morgan fingerprint density at radius 1 is 1.17 bits per heavy atom. The van der Waals surface area contributed by atoms with Crippen LogP contribution in [-0.4, -0.2) is 23.9 Å². The van der Waals surface area contributed by atoms with Crippen molar-refractivity contribution in [2.75, 3.05) is 12.4 Å². The Bertz CT molecular complexity index is 814. The third-order valence-electron chi connectivity index (χ3n) is 3.10. The summed E-state index contributed by atoms with van der Waals surface area (Å²) in [5.74, 6) is -1.04. The van der Waals surface area contributed by atoms with Gasteiger partial charge in [0.1, 0.15) is 0 Å². The molecule has 24 heavy (non-hydrogen) atoms. The van der Waals surface area contributed by atoms with Gasteiger partial charge in [0.05, 0.1) is 23.3 Å². The van der Waals surface area contributed by atoms with Gasteiger partial charge in [-0.05, 0) is 23.8 Å². The van der Waals surface area contributed by atoms with E-state index < -0.39 is 16.8 Å². The molecule has 122 valence electrons. The van der Waals surface area contributed by atoms with Crippen LogP contribution in [0.2, 0.25) is 0 Å². The maximum Gasteiger partial charge on any atom is 0.339 e. The molecule has 2 aromatic carbocycles. The van der Waals surface area contributed by atoms with Gasteiger partial charge < -0.3 is 10.1 Å². The van der Waals surface area contributed by atoms with Gasteiger partial charge in [-0.15, -0.1) is 0 Å². The van der Waals surface area contributed by atoms with Crippen molar-refractivity contribution in [2.45, 2.75) is 0 Å². The summed E-state index contributed by atoms with van der Waals surface area (Å²) in [5, 5.41) is 13.3. The van der Waals surface area contributed by atoms with Crippen LogP contribution in [-0.2, 0) is 9.53 Å². The highest BCUT2D eigenvalue weighted by molar-refractivity contribution is 6.06. The summed E-state index contributed by atoms with van der Waals surface area (Å²) in [6.45, 7) is 0. The predicted octanol–water partition coefficient (Wildman–Crippen LogP) is 3.03. The molecule has 0 unspecified atom stereocenters. The molecule has 2 aromatic rings. The lowest BCUT2D eigenvalue weighted by molar-refractivity contribution is -0.384. The smallest absolute Gasteiger partial charge is 0.339 e. The van der Waals surface area contributed by atoms with Crippen LogP contribution in [0.25, 0.3) is 6.08 Å². The molecule has 0 spiro atoms. The third kappa shape index (κ3) is 4.26. The van der Waals surface area contributed by atoms with Crippen molar-refractivity contribution in [3.63, 3.8) is 0 Å². The number of esters is 1. The first-order valence-corrected chi connectivity index (χ1v) is 6.92. The van der Waals surface area contributed by atoms with Crippen molar-refractivity contribution >= 4 is 29.3 Å². The molecule has 0 aromatic heterocycles. The van der Waals surface area contributed by atoms with Gasteiger partial charge in [-0.1, -0.05) is 24.3 Å². The zero-order valence-corrected chi connectivity index (χ0v) is 12.8. The standard InChI is InChI=1S/C17H14N2O5/c1-24-17(21)14-7-2-3-8-15(14)18-16(20)10-9-12-5-4-6-13(11-12)19(22)23/h2-11H,1H3,(H,18,20). The number of para-hydroxylation sites is 1. The summed E-state index contributed by atoms with van der Waals surface area (Å²) >= 11 is 0. The van der Waals surface area contributed by atoms with Gasteiger partial charge >= 0.3 is 5.97 Å². The van der Waals surface area contributed by atoms with Crippen LogP contribution in [0.4, 0.5) is 11.4 Å². The zero-order valence-electron chi connectivity index (χ0n) is 12.8. The highest BCUT2D eigenvalue weighted by Crippen LogP contribution is 2.17. The van der Waals surface area contributed by atoms with E-state index in [-0.39, 0.29) is 11.3 Å². The second-order valence-corrected chi connectivity index (χ2v) is 4.71. The number of anilines is 1. The SMILES string of the molecule is COC(=O)c1ccccc1NC(=O)C=Cc1cccc([N+](=O)[O-])c1. The highest BCUT2D eigenvalue weighted by Gasteiger charge is 2.12. The van der Waals surface area contributed by atoms with E-state index in [9.17, 15) is 19.7 Å². The van der Waals surface area contributed by atoms with E-state index in [2.05, 4.69) is 10.1 Å². The number of nitro benzene ring substituents is 1. The maximum atomic E-state index is 12.0. The van der Waals surface area contributed by atoms with E-state index in [0.717, 1.165) is 0 Å². The number of rotatable bonds is 5. The van der Waals surface area contributed by atoms with Crippen LogP contribution in [0.1, 0.15) is 15.9 Å². The summed E-state index contributed by atoms with van der Waals surface area (Å²) in [4.78, 5) is 33.8. The van der Waals surface area contributed by atoms with E-state index in [1.165, 1.54) is 43.5 Å². The van der Waals surface area contributed by atoms with Crippen LogP contribution < -0.4 is 5.32 Å². The highest BCUT2D eigenvalue weighted by atomic mass is 16.6. The van der Waals surface area contributed by atoms with Crippen molar-refractivity contribution in [1.82, 2.24) is 0 Å². The monoisotopic (exact) mass is 326 g/mol. The number of amides is 1. The molecule has 7 heteroatoms. The molecule has 2 rings (SSSR count). The van der Waals surface area contributed by atoms with Crippen molar-refractivity contribution in [3.05, 3.63) is 75.8 Å². The second-order valence-electron chi connectivity index (χ2n) is 4.71. The van der Waals surface area contributed by atoms with Crippen molar-refractivity contribution < 1.29 is 19.2 Å². The summed E-state index contributed by atoms with van der Waals surface area (Å²) < 4.78 is 4.65. The number of methoxy groups -OCH3 is 1. The molecule has 0 saturated carbocycles. The first-order chi connectivity index (χ1) is 11.5. The Hall–Kier alpha value is -3.48. The Kier molecular flexibility index (Phi) is 5.40. The summed E-state index contributed by atoms with van der Waals surface area (Å²) in [6, 6.07) is 12.3. The molecular formula is C17H14N2O5. The van der Waals surface area contributed by atoms with Gasteiger partial charge in [0.15, 0.2) is 0 Å². The number of ether oxygens (including phenoxy) is 1. The molecule has 0 atom stereocenters. The number of carbonyl (C=O) groups excluding carboxylic acids is 2. The number of nitrogens with one attached hydrogen (secondary N) is 1. The third-order valence-corrected chi connectivity index (χ3v) is 3.10. The summed E-state index contributed by atoms with van der Waals surface area (Å²) in [6.07, 6.45) is 2.68. The number of non-ortho nitro benzene ring substituents is 1. The lowest BCUT2D eigenvalue weighted by Gasteiger charge is -2.07. The molecule has 0 aliphatic carbocycles. The van der Waals surface area contributed by atoms with Gasteiger partial charge in [-0.25, -0.2) is 4.79 Å². The number of nitro groups is 1. The maximum absolute atomic E-state index is 12.0. The quantitative estimate of drug-likeness (QED) is 0.394.